The minimum Gasteiger partial charge on any atom is -0.436 e. The van der Waals surface area contributed by atoms with Crippen molar-refractivity contribution in [3.05, 3.63) is 71.5 Å². The lowest BCUT2D eigenvalue weighted by atomic mass is 10.1. The molecule has 0 bridgehead atoms. The van der Waals surface area contributed by atoms with Crippen LogP contribution in [0.15, 0.2) is 55.0 Å². The first-order valence-corrected chi connectivity index (χ1v) is 7.68. The molecule has 0 radical (unpaired) electrons. The van der Waals surface area contributed by atoms with Crippen LogP contribution in [0.3, 0.4) is 0 Å². The van der Waals surface area contributed by atoms with Crippen molar-refractivity contribution < 1.29 is 9.53 Å². The topological polar surface area (TPSA) is 93.7 Å². The van der Waals surface area contributed by atoms with E-state index in [-0.39, 0.29) is 22.6 Å². The second kappa shape index (κ2) is 6.29. The summed E-state index contributed by atoms with van der Waals surface area (Å²) >= 11 is 5.90. The number of hydrogen-bond acceptors (Lipinski definition) is 6. The number of carbonyl (C=O) groups excluding carboxylic acids is 1. The van der Waals surface area contributed by atoms with Gasteiger partial charge in [0.2, 0.25) is 5.78 Å². The highest BCUT2D eigenvalue weighted by atomic mass is 35.5. The lowest BCUT2D eigenvalue weighted by Gasteiger charge is -2.05. The zero-order valence-electron chi connectivity index (χ0n) is 12.7. The number of nitrogens with zero attached hydrogens (tertiary/aromatic N) is 4. The Bertz CT molecular complexity index is 1030. The molecule has 1 N–H and O–H groups in total. The third kappa shape index (κ3) is 3.05. The van der Waals surface area contributed by atoms with E-state index in [9.17, 15) is 4.79 Å². The number of carbonyl (C=O) groups is 1. The molecule has 4 rings (SSSR count). The number of rotatable bonds is 4. The number of pyridine rings is 1. The van der Waals surface area contributed by atoms with E-state index in [1.165, 1.54) is 12.4 Å². The van der Waals surface area contributed by atoms with E-state index in [1.807, 2.05) is 6.07 Å². The Labute approximate surface area is 146 Å². The maximum absolute atomic E-state index is 12.5. The fourth-order valence-corrected chi connectivity index (χ4v) is 2.40. The number of benzene rings is 1. The van der Waals surface area contributed by atoms with Gasteiger partial charge in [-0.25, -0.2) is 19.9 Å². The smallest absolute Gasteiger partial charge is 0.257 e. The van der Waals surface area contributed by atoms with Crippen LogP contribution in [0.4, 0.5) is 0 Å². The number of hydrogen-bond donors (Lipinski definition) is 1. The Morgan fingerprint density at radius 1 is 1.00 bits per heavy atom. The van der Waals surface area contributed by atoms with Crippen molar-refractivity contribution in [3.63, 3.8) is 0 Å². The molecule has 0 aliphatic carbocycles. The van der Waals surface area contributed by atoms with E-state index < -0.39 is 0 Å². The largest absolute Gasteiger partial charge is 0.436 e. The molecule has 7 nitrogen and oxygen atoms in total. The first-order valence-electron chi connectivity index (χ1n) is 7.30. The summed E-state index contributed by atoms with van der Waals surface area (Å²) in [5.74, 6) is 0.693. The highest BCUT2D eigenvalue weighted by Crippen LogP contribution is 2.25. The van der Waals surface area contributed by atoms with Crippen LogP contribution in [0.25, 0.3) is 11.2 Å². The Kier molecular flexibility index (Phi) is 3.83. The molecule has 122 valence electrons. The number of nitrogens with one attached hydrogen (secondary N) is 1. The van der Waals surface area contributed by atoms with Gasteiger partial charge in [-0.3, -0.25) is 4.79 Å². The Morgan fingerprint density at radius 2 is 1.80 bits per heavy atom. The first kappa shape index (κ1) is 15.2. The molecule has 3 aromatic heterocycles. The van der Waals surface area contributed by atoms with Gasteiger partial charge < -0.3 is 9.72 Å². The molecule has 0 aliphatic rings. The van der Waals surface area contributed by atoms with E-state index in [1.54, 1.807) is 36.5 Å². The van der Waals surface area contributed by atoms with Crippen molar-refractivity contribution in [2.45, 2.75) is 0 Å². The average Bonchev–Trinajstić information content (AvgIpc) is 3.08. The van der Waals surface area contributed by atoms with Crippen LogP contribution in [-0.2, 0) is 0 Å². The summed E-state index contributed by atoms with van der Waals surface area (Å²) in [6.07, 6.45) is 4.58. The number of aromatic nitrogens is 5. The molecule has 0 unspecified atom stereocenters. The molecule has 0 spiro atoms. The third-order valence-corrected chi connectivity index (χ3v) is 3.69. The highest BCUT2D eigenvalue weighted by Gasteiger charge is 2.14. The lowest BCUT2D eigenvalue weighted by Crippen LogP contribution is -2.03. The number of imidazole rings is 1. The molecule has 0 fully saturated rings. The number of aromatic amines is 1. The fraction of sp³-hybridized carbons (Fsp3) is 0. The minimum atomic E-state index is -0.234. The van der Waals surface area contributed by atoms with Gasteiger partial charge in [-0.1, -0.05) is 11.6 Å². The third-order valence-electron chi connectivity index (χ3n) is 3.43. The maximum Gasteiger partial charge on any atom is 0.257 e. The van der Waals surface area contributed by atoms with Crippen LogP contribution < -0.4 is 4.74 Å². The number of fused-ring (bicyclic) bond motifs is 1. The van der Waals surface area contributed by atoms with E-state index in [2.05, 4.69) is 24.9 Å². The van der Waals surface area contributed by atoms with Gasteiger partial charge in [0.15, 0.2) is 16.6 Å². The van der Waals surface area contributed by atoms with E-state index in [0.717, 1.165) is 0 Å². The van der Waals surface area contributed by atoms with Gasteiger partial charge >= 0.3 is 0 Å². The summed E-state index contributed by atoms with van der Waals surface area (Å²) < 4.78 is 5.55. The number of ether oxygens (including phenoxy) is 1. The SMILES string of the molecule is O=C(c1ccc(Oc2nccnc2Cl)cc1)c1nc2ncccc2[nH]1. The molecule has 0 saturated heterocycles. The van der Waals surface area contributed by atoms with Crippen molar-refractivity contribution in [3.8, 4) is 11.6 Å². The molecule has 8 heteroatoms. The van der Waals surface area contributed by atoms with Gasteiger partial charge in [0.25, 0.3) is 5.88 Å². The number of halogens is 1. The summed E-state index contributed by atoms with van der Waals surface area (Å²) in [6, 6.07) is 10.2. The lowest BCUT2D eigenvalue weighted by molar-refractivity contribution is 0.103. The molecule has 0 saturated carbocycles. The Hall–Kier alpha value is -3.32. The van der Waals surface area contributed by atoms with Crippen LogP contribution in [0.1, 0.15) is 16.2 Å². The predicted molar refractivity (Wildman–Crippen MR) is 90.9 cm³/mol. The zero-order chi connectivity index (χ0) is 17.2. The summed E-state index contributed by atoms with van der Waals surface area (Å²) in [5, 5.41) is 0.164. The molecule has 0 aliphatic heterocycles. The van der Waals surface area contributed by atoms with Crippen molar-refractivity contribution >= 4 is 28.5 Å². The van der Waals surface area contributed by atoms with E-state index in [4.69, 9.17) is 16.3 Å². The standard InChI is InChI=1S/C17H10ClN5O2/c18-14-17(21-9-8-19-14)25-11-5-3-10(4-6-11)13(24)16-22-12-2-1-7-20-15(12)23-16/h1-9H,(H,20,22,23). The van der Waals surface area contributed by atoms with Crippen LogP contribution in [0, 0.1) is 0 Å². The molecular formula is C17H10ClN5O2. The van der Waals surface area contributed by atoms with Crippen LogP contribution in [-0.4, -0.2) is 30.7 Å². The molecule has 1 aromatic carbocycles. The number of H-pyrrole nitrogens is 1. The normalized spacial score (nSPS) is 10.8. The Balaban J connectivity index is 1.57. The van der Waals surface area contributed by atoms with Crippen molar-refractivity contribution in [2.75, 3.05) is 0 Å². The summed E-state index contributed by atoms with van der Waals surface area (Å²) in [7, 11) is 0. The van der Waals surface area contributed by atoms with Gasteiger partial charge in [0.05, 0.1) is 5.52 Å². The fourth-order valence-electron chi connectivity index (χ4n) is 2.25. The molecular weight excluding hydrogens is 342 g/mol. The molecule has 0 amide bonds. The van der Waals surface area contributed by atoms with Crippen LogP contribution in [0.5, 0.6) is 11.6 Å². The van der Waals surface area contributed by atoms with Gasteiger partial charge in [-0.05, 0) is 36.4 Å². The van der Waals surface area contributed by atoms with Gasteiger partial charge in [-0.2, -0.15) is 0 Å². The Morgan fingerprint density at radius 3 is 2.56 bits per heavy atom. The van der Waals surface area contributed by atoms with E-state index >= 15 is 0 Å². The van der Waals surface area contributed by atoms with Gasteiger partial charge in [-0.15, -0.1) is 0 Å². The average molecular weight is 352 g/mol. The van der Waals surface area contributed by atoms with Crippen molar-refractivity contribution in [1.29, 1.82) is 0 Å². The van der Waals surface area contributed by atoms with Crippen molar-refractivity contribution in [1.82, 2.24) is 24.9 Å². The van der Waals surface area contributed by atoms with Crippen LogP contribution in [0.2, 0.25) is 5.15 Å². The monoisotopic (exact) mass is 351 g/mol. The quantitative estimate of drug-likeness (QED) is 0.566. The predicted octanol–water partition coefficient (Wildman–Crippen LogP) is 3.42. The van der Waals surface area contributed by atoms with Crippen LogP contribution >= 0.6 is 11.6 Å². The van der Waals surface area contributed by atoms with E-state index in [0.29, 0.717) is 22.5 Å². The second-order valence-corrected chi connectivity index (χ2v) is 5.43. The second-order valence-electron chi connectivity index (χ2n) is 5.07. The molecule has 0 atom stereocenters. The highest BCUT2D eigenvalue weighted by molar-refractivity contribution is 6.30. The summed E-state index contributed by atoms with van der Waals surface area (Å²) in [4.78, 5) is 31.7. The van der Waals surface area contributed by atoms with Gasteiger partial charge in [0, 0.05) is 24.2 Å². The molecule has 3 heterocycles. The molecule has 4 aromatic rings. The number of ketones is 1. The summed E-state index contributed by atoms with van der Waals surface area (Å²) in [5.41, 5.74) is 1.68. The van der Waals surface area contributed by atoms with Crippen molar-refractivity contribution in [2.24, 2.45) is 0 Å². The van der Waals surface area contributed by atoms with Gasteiger partial charge in [0.1, 0.15) is 5.75 Å². The minimum absolute atomic E-state index is 0.164. The zero-order valence-corrected chi connectivity index (χ0v) is 13.4. The first-order chi connectivity index (χ1) is 12.2. The maximum atomic E-state index is 12.5. The summed E-state index contributed by atoms with van der Waals surface area (Å²) in [6.45, 7) is 0. The molecule has 25 heavy (non-hydrogen) atoms.